The second-order valence-electron chi connectivity index (χ2n) is 6.61. The Kier molecular flexibility index (Phi) is 6.66. The van der Waals surface area contributed by atoms with Crippen LogP contribution in [0.4, 0.5) is 0 Å². The number of rotatable bonds is 6. The summed E-state index contributed by atoms with van der Waals surface area (Å²) in [7, 11) is -3.64. The maximum absolute atomic E-state index is 13.0. The Hall–Kier alpha value is -3.13. The summed E-state index contributed by atoms with van der Waals surface area (Å²) in [6.45, 7) is 5.90. The fourth-order valence-corrected chi connectivity index (χ4v) is 4.25. The molecule has 0 aliphatic rings. The van der Waals surface area contributed by atoms with Crippen LogP contribution in [0.1, 0.15) is 11.1 Å². The number of nitrogens with zero attached hydrogens (tertiary/aromatic N) is 1. The molecule has 0 N–H and O–H groups in total. The van der Waals surface area contributed by atoms with Crippen molar-refractivity contribution in [1.82, 2.24) is 4.31 Å². The van der Waals surface area contributed by atoms with Gasteiger partial charge in [0.2, 0.25) is 10.0 Å². The molecule has 0 saturated heterocycles. The van der Waals surface area contributed by atoms with E-state index in [4.69, 9.17) is 0 Å². The van der Waals surface area contributed by atoms with Gasteiger partial charge < -0.3 is 0 Å². The van der Waals surface area contributed by atoms with Crippen LogP contribution in [0, 0.1) is 18.8 Å². The number of sulfonamides is 1. The van der Waals surface area contributed by atoms with Crippen LogP contribution in [0.5, 0.6) is 0 Å². The van der Waals surface area contributed by atoms with Crippen molar-refractivity contribution in [3.05, 3.63) is 103 Å². The summed E-state index contributed by atoms with van der Waals surface area (Å²) in [5.41, 5.74) is 3.98. The predicted molar refractivity (Wildman–Crippen MR) is 119 cm³/mol. The summed E-state index contributed by atoms with van der Waals surface area (Å²) in [5, 5.41) is 0. The molecule has 0 saturated carbocycles. The predicted octanol–water partition coefficient (Wildman–Crippen LogP) is 4.89. The van der Waals surface area contributed by atoms with E-state index in [0.29, 0.717) is 0 Å². The highest BCUT2D eigenvalue weighted by atomic mass is 32.2. The first-order valence-electron chi connectivity index (χ1n) is 9.33. The highest BCUT2D eigenvalue weighted by Crippen LogP contribution is 2.22. The second-order valence-corrected chi connectivity index (χ2v) is 8.55. The zero-order valence-electron chi connectivity index (χ0n) is 16.4. The molecule has 29 heavy (non-hydrogen) atoms. The van der Waals surface area contributed by atoms with Crippen LogP contribution in [0.2, 0.25) is 0 Å². The van der Waals surface area contributed by atoms with E-state index in [1.54, 1.807) is 30.3 Å². The first kappa shape index (κ1) is 20.6. The van der Waals surface area contributed by atoms with Crippen molar-refractivity contribution in [3.8, 4) is 23.0 Å². The molecule has 146 valence electrons. The average Bonchev–Trinajstić information content (AvgIpc) is 2.74. The number of benzene rings is 3. The molecule has 3 aromatic carbocycles. The van der Waals surface area contributed by atoms with Gasteiger partial charge in [-0.25, -0.2) is 8.42 Å². The normalized spacial score (nSPS) is 11.0. The Morgan fingerprint density at radius 1 is 0.931 bits per heavy atom. The van der Waals surface area contributed by atoms with Gasteiger partial charge in [-0.05, 0) is 36.2 Å². The molecule has 0 aliphatic carbocycles. The Labute approximate surface area is 173 Å². The average molecular weight is 402 g/mol. The molecule has 0 fully saturated rings. The molecule has 3 rings (SSSR count). The fourth-order valence-electron chi connectivity index (χ4n) is 2.94. The minimum Gasteiger partial charge on any atom is -0.207 e. The summed E-state index contributed by atoms with van der Waals surface area (Å²) in [6.07, 6.45) is 1.57. The molecule has 0 spiro atoms. The van der Waals surface area contributed by atoms with Crippen LogP contribution in [0.3, 0.4) is 0 Å². The topological polar surface area (TPSA) is 37.4 Å². The van der Waals surface area contributed by atoms with Crippen molar-refractivity contribution in [3.63, 3.8) is 0 Å². The summed E-state index contributed by atoms with van der Waals surface area (Å²) in [5.74, 6) is 6.18. The maximum atomic E-state index is 13.0. The molecule has 0 atom stereocenters. The summed E-state index contributed by atoms with van der Waals surface area (Å²) in [4.78, 5) is 0.261. The molecule has 0 radical (unpaired) electrons. The van der Waals surface area contributed by atoms with E-state index >= 15 is 0 Å². The third-order valence-corrected chi connectivity index (χ3v) is 6.31. The highest BCUT2D eigenvalue weighted by Gasteiger charge is 2.22. The van der Waals surface area contributed by atoms with Crippen LogP contribution >= 0.6 is 0 Å². The smallest absolute Gasteiger partial charge is 0.207 e. The van der Waals surface area contributed by atoms with Crippen LogP contribution < -0.4 is 0 Å². The molecule has 3 nitrogen and oxygen atoms in total. The first-order chi connectivity index (χ1) is 14.0. The van der Waals surface area contributed by atoms with E-state index in [9.17, 15) is 8.42 Å². The van der Waals surface area contributed by atoms with Gasteiger partial charge >= 0.3 is 0 Å². The molecule has 0 aromatic heterocycles. The van der Waals surface area contributed by atoms with Crippen LogP contribution in [0.15, 0.2) is 96.4 Å². The summed E-state index contributed by atoms with van der Waals surface area (Å²) < 4.78 is 27.3. The minimum absolute atomic E-state index is 0.0886. The number of hydrogen-bond donors (Lipinski definition) is 0. The van der Waals surface area contributed by atoms with Crippen molar-refractivity contribution in [2.75, 3.05) is 13.1 Å². The second kappa shape index (κ2) is 9.38. The number of aryl methyl sites for hydroxylation is 1. The lowest BCUT2D eigenvalue weighted by atomic mass is 10.0. The lowest BCUT2D eigenvalue weighted by molar-refractivity contribution is 0.478. The SMILES string of the molecule is C=CCN(CC#Cc1ccccc1-c1ccccc1)S(=O)(=O)c1ccc(C)cc1. The van der Waals surface area contributed by atoms with Crippen LogP contribution in [0.25, 0.3) is 11.1 Å². The summed E-state index contributed by atoms with van der Waals surface area (Å²) >= 11 is 0. The molecule has 0 aliphatic heterocycles. The fraction of sp³-hybridized carbons (Fsp3) is 0.120. The van der Waals surface area contributed by atoms with Crippen LogP contribution in [-0.4, -0.2) is 25.8 Å². The molecule has 0 amide bonds. The number of hydrogen-bond acceptors (Lipinski definition) is 2. The summed E-state index contributed by atoms with van der Waals surface area (Å²) in [6, 6.07) is 24.7. The van der Waals surface area contributed by atoms with Gasteiger partial charge in [-0.2, -0.15) is 4.31 Å². The molecule has 3 aromatic rings. The Morgan fingerprint density at radius 3 is 2.28 bits per heavy atom. The molecule has 0 heterocycles. The van der Waals surface area contributed by atoms with Gasteiger partial charge in [0.15, 0.2) is 0 Å². The Balaban J connectivity index is 1.87. The van der Waals surface area contributed by atoms with Gasteiger partial charge in [-0.1, -0.05) is 84.1 Å². The third-order valence-electron chi connectivity index (χ3n) is 4.48. The van der Waals surface area contributed by atoms with Gasteiger partial charge in [-0.15, -0.1) is 6.58 Å². The lowest BCUT2D eigenvalue weighted by Crippen LogP contribution is -2.31. The highest BCUT2D eigenvalue weighted by molar-refractivity contribution is 7.89. The van der Waals surface area contributed by atoms with Gasteiger partial charge in [0.05, 0.1) is 11.4 Å². The van der Waals surface area contributed by atoms with Crippen LogP contribution in [-0.2, 0) is 10.0 Å². The van der Waals surface area contributed by atoms with Gasteiger partial charge in [0, 0.05) is 12.1 Å². The molecule has 0 bridgehead atoms. The quantitative estimate of drug-likeness (QED) is 0.436. The zero-order chi connectivity index (χ0) is 20.7. The van der Waals surface area contributed by atoms with Crippen molar-refractivity contribution < 1.29 is 8.42 Å². The molecular weight excluding hydrogens is 378 g/mol. The van der Waals surface area contributed by atoms with Crippen molar-refractivity contribution in [1.29, 1.82) is 0 Å². The standard InChI is InChI=1S/C25H23NO2S/c1-3-19-26(29(27,28)24-17-15-21(2)16-18-24)20-9-13-23-12-7-8-14-25(23)22-10-5-4-6-11-22/h3-8,10-12,14-18H,1,19-20H2,2H3. The van der Waals surface area contributed by atoms with E-state index in [-0.39, 0.29) is 18.0 Å². The Morgan fingerprint density at radius 2 is 1.59 bits per heavy atom. The van der Waals surface area contributed by atoms with Crippen molar-refractivity contribution in [2.24, 2.45) is 0 Å². The monoisotopic (exact) mass is 401 g/mol. The van der Waals surface area contributed by atoms with Crippen molar-refractivity contribution >= 4 is 10.0 Å². The largest absolute Gasteiger partial charge is 0.244 e. The maximum Gasteiger partial charge on any atom is 0.244 e. The molecule has 0 unspecified atom stereocenters. The zero-order valence-corrected chi connectivity index (χ0v) is 17.2. The van der Waals surface area contributed by atoms with E-state index in [1.165, 1.54) is 4.31 Å². The van der Waals surface area contributed by atoms with E-state index < -0.39 is 10.0 Å². The third kappa shape index (κ3) is 5.03. The first-order valence-corrected chi connectivity index (χ1v) is 10.8. The van der Waals surface area contributed by atoms with E-state index in [2.05, 4.69) is 18.4 Å². The van der Waals surface area contributed by atoms with Gasteiger partial charge in [-0.3, -0.25) is 0 Å². The molecular formula is C25H23NO2S. The van der Waals surface area contributed by atoms with Crippen molar-refractivity contribution in [2.45, 2.75) is 11.8 Å². The van der Waals surface area contributed by atoms with Gasteiger partial charge in [0.25, 0.3) is 0 Å². The lowest BCUT2D eigenvalue weighted by Gasteiger charge is -2.18. The van der Waals surface area contributed by atoms with E-state index in [1.807, 2.05) is 61.5 Å². The Bertz CT molecular complexity index is 1140. The minimum atomic E-state index is -3.64. The van der Waals surface area contributed by atoms with E-state index in [0.717, 1.165) is 22.3 Å². The van der Waals surface area contributed by atoms with Gasteiger partial charge in [0.1, 0.15) is 0 Å². The molecule has 4 heteroatoms.